The zero-order valence-corrected chi connectivity index (χ0v) is 13.4. The molecule has 0 radical (unpaired) electrons. The van der Waals surface area contributed by atoms with Gasteiger partial charge in [0.1, 0.15) is 0 Å². The minimum atomic E-state index is -0.663. The first kappa shape index (κ1) is 17.7. The molecule has 0 fully saturated rings. The topological polar surface area (TPSA) is 37.3 Å². The molecule has 2 heteroatoms. The van der Waals surface area contributed by atoms with Gasteiger partial charge in [-0.3, -0.25) is 4.79 Å². The quantitative estimate of drug-likeness (QED) is 0.514. The van der Waals surface area contributed by atoms with E-state index in [1.54, 1.807) is 0 Å². The van der Waals surface area contributed by atoms with Crippen molar-refractivity contribution in [3.05, 3.63) is 35.4 Å². The van der Waals surface area contributed by atoms with E-state index in [9.17, 15) is 4.79 Å². The Labute approximate surface area is 129 Å². The van der Waals surface area contributed by atoms with E-state index in [1.165, 1.54) is 62.5 Å². The zero-order valence-electron chi connectivity index (χ0n) is 13.4. The Balaban J connectivity index is 1.86. The van der Waals surface area contributed by atoms with Crippen molar-refractivity contribution in [3.8, 4) is 0 Å². The van der Waals surface area contributed by atoms with Gasteiger partial charge in [-0.1, -0.05) is 74.8 Å². The number of carbonyl (C=O) groups is 1. The lowest BCUT2D eigenvalue weighted by Gasteiger charge is -2.04. The van der Waals surface area contributed by atoms with E-state index in [-0.39, 0.29) is 0 Å². The van der Waals surface area contributed by atoms with Crippen LogP contribution in [0.25, 0.3) is 0 Å². The van der Waals surface area contributed by atoms with Crippen molar-refractivity contribution in [2.75, 3.05) is 0 Å². The Kier molecular flexibility index (Phi) is 9.60. The standard InChI is InChI=1S/C19H30O2/c1-17-12-11-14-18(16-17)13-9-7-5-3-2-4-6-8-10-15-19(20)21/h11-12,14,16H,2-10,13,15H2,1H3,(H,20,21). The summed E-state index contributed by atoms with van der Waals surface area (Å²) >= 11 is 0. The summed E-state index contributed by atoms with van der Waals surface area (Å²) in [5, 5.41) is 8.53. The number of unbranched alkanes of at least 4 members (excludes halogenated alkanes) is 8. The van der Waals surface area contributed by atoms with Gasteiger partial charge in [-0.2, -0.15) is 0 Å². The van der Waals surface area contributed by atoms with E-state index in [1.807, 2.05) is 0 Å². The van der Waals surface area contributed by atoms with Crippen molar-refractivity contribution in [2.24, 2.45) is 0 Å². The number of benzene rings is 1. The first-order chi connectivity index (χ1) is 10.2. The summed E-state index contributed by atoms with van der Waals surface area (Å²) in [6, 6.07) is 8.82. The third-order valence-corrected chi connectivity index (χ3v) is 3.94. The molecule has 21 heavy (non-hydrogen) atoms. The number of carboxylic acid groups (broad SMARTS) is 1. The van der Waals surface area contributed by atoms with Crippen LogP contribution >= 0.6 is 0 Å². The highest BCUT2D eigenvalue weighted by atomic mass is 16.4. The predicted octanol–water partition coefficient (Wildman–Crippen LogP) is 5.52. The van der Waals surface area contributed by atoms with Gasteiger partial charge in [0.05, 0.1) is 0 Å². The molecule has 0 bridgehead atoms. The fraction of sp³-hybridized carbons (Fsp3) is 0.632. The molecule has 0 spiro atoms. The van der Waals surface area contributed by atoms with Crippen LogP contribution in [0.3, 0.4) is 0 Å². The van der Waals surface area contributed by atoms with Gasteiger partial charge in [0.15, 0.2) is 0 Å². The first-order valence-corrected chi connectivity index (χ1v) is 8.46. The number of carboxylic acids is 1. The van der Waals surface area contributed by atoms with Crippen LogP contribution in [-0.2, 0) is 11.2 Å². The minimum Gasteiger partial charge on any atom is -0.481 e. The molecule has 0 aromatic heterocycles. The van der Waals surface area contributed by atoms with Crippen molar-refractivity contribution in [2.45, 2.75) is 77.6 Å². The van der Waals surface area contributed by atoms with Gasteiger partial charge in [-0.05, 0) is 31.7 Å². The van der Waals surface area contributed by atoms with Gasteiger partial charge in [0.2, 0.25) is 0 Å². The van der Waals surface area contributed by atoms with Gasteiger partial charge in [0, 0.05) is 6.42 Å². The minimum absolute atomic E-state index is 0.332. The molecule has 2 nitrogen and oxygen atoms in total. The van der Waals surface area contributed by atoms with Crippen LogP contribution in [0, 0.1) is 6.92 Å². The van der Waals surface area contributed by atoms with Gasteiger partial charge >= 0.3 is 5.97 Å². The molecule has 0 aliphatic heterocycles. The van der Waals surface area contributed by atoms with Crippen molar-refractivity contribution in [1.82, 2.24) is 0 Å². The molecule has 0 saturated carbocycles. The molecule has 118 valence electrons. The SMILES string of the molecule is Cc1cccc(CCCCCCCCCCCC(=O)O)c1. The lowest BCUT2D eigenvalue weighted by atomic mass is 10.0. The second-order valence-electron chi connectivity index (χ2n) is 6.06. The van der Waals surface area contributed by atoms with Crippen LogP contribution in [-0.4, -0.2) is 11.1 Å². The van der Waals surface area contributed by atoms with Crippen LogP contribution in [0.1, 0.15) is 75.3 Å². The van der Waals surface area contributed by atoms with Crippen LogP contribution in [0.2, 0.25) is 0 Å². The Morgan fingerprint density at radius 2 is 1.48 bits per heavy atom. The summed E-state index contributed by atoms with van der Waals surface area (Å²) in [6.45, 7) is 2.15. The van der Waals surface area contributed by atoms with Gasteiger partial charge < -0.3 is 5.11 Å². The average Bonchev–Trinajstić information content (AvgIpc) is 2.44. The summed E-state index contributed by atoms with van der Waals surface area (Å²) in [4.78, 5) is 10.4. The fourth-order valence-corrected chi connectivity index (χ4v) is 2.71. The second kappa shape index (κ2) is 11.4. The highest BCUT2D eigenvalue weighted by molar-refractivity contribution is 5.66. The molecule has 1 aromatic carbocycles. The van der Waals surface area contributed by atoms with Crippen molar-refractivity contribution < 1.29 is 9.90 Å². The first-order valence-electron chi connectivity index (χ1n) is 8.46. The van der Waals surface area contributed by atoms with E-state index in [0.717, 1.165) is 12.8 Å². The summed E-state index contributed by atoms with van der Waals surface area (Å²) in [7, 11) is 0. The molecule has 0 saturated heterocycles. The molecule has 0 atom stereocenters. The Bertz CT molecular complexity index is 398. The summed E-state index contributed by atoms with van der Waals surface area (Å²) in [5.74, 6) is -0.663. The molecular weight excluding hydrogens is 260 g/mol. The molecule has 1 rings (SSSR count). The summed E-state index contributed by atoms with van der Waals surface area (Å²) < 4.78 is 0. The molecule has 1 aromatic rings. The van der Waals surface area contributed by atoms with Crippen LogP contribution in [0.5, 0.6) is 0 Å². The summed E-state index contributed by atoms with van der Waals surface area (Å²) in [6.07, 6.45) is 12.5. The third-order valence-electron chi connectivity index (χ3n) is 3.94. The molecule has 1 N–H and O–H groups in total. The highest BCUT2D eigenvalue weighted by Crippen LogP contribution is 2.13. The highest BCUT2D eigenvalue weighted by Gasteiger charge is 1.97. The zero-order chi connectivity index (χ0) is 15.3. The fourth-order valence-electron chi connectivity index (χ4n) is 2.71. The number of rotatable bonds is 12. The largest absolute Gasteiger partial charge is 0.481 e. The number of aliphatic carboxylic acids is 1. The third kappa shape index (κ3) is 10.1. The maximum Gasteiger partial charge on any atom is 0.303 e. The molecule has 0 aliphatic carbocycles. The molecule has 0 heterocycles. The average molecular weight is 290 g/mol. The number of hydrogen-bond acceptors (Lipinski definition) is 1. The molecular formula is C19H30O2. The van der Waals surface area contributed by atoms with Crippen LogP contribution in [0.15, 0.2) is 24.3 Å². The van der Waals surface area contributed by atoms with Crippen molar-refractivity contribution >= 4 is 5.97 Å². The van der Waals surface area contributed by atoms with Crippen molar-refractivity contribution in [3.63, 3.8) is 0 Å². The van der Waals surface area contributed by atoms with E-state index in [2.05, 4.69) is 31.2 Å². The van der Waals surface area contributed by atoms with Crippen molar-refractivity contribution in [1.29, 1.82) is 0 Å². The Morgan fingerprint density at radius 1 is 0.905 bits per heavy atom. The van der Waals surface area contributed by atoms with Crippen LogP contribution < -0.4 is 0 Å². The molecule has 0 unspecified atom stereocenters. The molecule has 0 amide bonds. The monoisotopic (exact) mass is 290 g/mol. The predicted molar refractivity (Wildman–Crippen MR) is 88.7 cm³/mol. The van der Waals surface area contributed by atoms with Gasteiger partial charge in [0.25, 0.3) is 0 Å². The maximum atomic E-state index is 10.4. The molecule has 0 aliphatic rings. The van der Waals surface area contributed by atoms with E-state index >= 15 is 0 Å². The lowest BCUT2D eigenvalue weighted by molar-refractivity contribution is -0.137. The second-order valence-corrected chi connectivity index (χ2v) is 6.06. The Hall–Kier alpha value is -1.31. The number of aryl methyl sites for hydroxylation is 2. The van der Waals surface area contributed by atoms with E-state index < -0.39 is 5.97 Å². The maximum absolute atomic E-state index is 10.4. The number of hydrogen-bond donors (Lipinski definition) is 1. The van der Waals surface area contributed by atoms with Gasteiger partial charge in [-0.15, -0.1) is 0 Å². The Morgan fingerprint density at radius 3 is 2.05 bits per heavy atom. The van der Waals surface area contributed by atoms with E-state index in [0.29, 0.717) is 6.42 Å². The van der Waals surface area contributed by atoms with E-state index in [4.69, 9.17) is 5.11 Å². The van der Waals surface area contributed by atoms with Gasteiger partial charge in [-0.25, -0.2) is 0 Å². The smallest absolute Gasteiger partial charge is 0.303 e. The normalized spacial score (nSPS) is 10.7. The van der Waals surface area contributed by atoms with Crippen LogP contribution in [0.4, 0.5) is 0 Å². The lowest BCUT2D eigenvalue weighted by Crippen LogP contribution is -1.93. The summed E-state index contributed by atoms with van der Waals surface area (Å²) in [5.41, 5.74) is 2.82.